The fourth-order valence-corrected chi connectivity index (χ4v) is 1.31. The van der Waals surface area contributed by atoms with Gasteiger partial charge in [-0.3, -0.25) is 9.59 Å². The van der Waals surface area contributed by atoms with Crippen LogP contribution in [0.1, 0.15) is 23.7 Å². The zero-order valence-corrected chi connectivity index (χ0v) is 10.9. The first-order chi connectivity index (χ1) is 9.08. The molecule has 0 aliphatic carbocycles. The topological polar surface area (TPSA) is 84.5 Å². The summed E-state index contributed by atoms with van der Waals surface area (Å²) in [6.07, 6.45) is 0.757. The fraction of sp³-hybridized carbons (Fsp3) is 0.308. The molecule has 6 heteroatoms. The van der Waals surface area contributed by atoms with Crippen LogP contribution in [0.2, 0.25) is 0 Å². The first kappa shape index (κ1) is 14.7. The van der Waals surface area contributed by atoms with Gasteiger partial charge in [-0.2, -0.15) is 0 Å². The predicted molar refractivity (Wildman–Crippen MR) is 69.7 cm³/mol. The number of rotatable bonds is 4. The van der Waals surface area contributed by atoms with E-state index >= 15 is 0 Å². The molecule has 2 N–H and O–H groups in total. The highest BCUT2D eigenvalue weighted by Crippen LogP contribution is 2.10. The lowest BCUT2D eigenvalue weighted by atomic mass is 10.2. The molecule has 0 atom stereocenters. The van der Waals surface area contributed by atoms with Gasteiger partial charge in [0.15, 0.2) is 0 Å². The summed E-state index contributed by atoms with van der Waals surface area (Å²) in [5, 5.41) is 4.90. The number of nitrogens with one attached hydrogen (secondary N) is 2. The number of carbonyl (C=O) groups is 3. The summed E-state index contributed by atoms with van der Waals surface area (Å²) in [4.78, 5) is 34.0. The molecule has 0 saturated heterocycles. The lowest BCUT2D eigenvalue weighted by Crippen LogP contribution is -2.35. The molecule has 6 nitrogen and oxygen atoms in total. The van der Waals surface area contributed by atoms with Crippen LogP contribution in [0, 0.1) is 0 Å². The lowest BCUT2D eigenvalue weighted by molar-refractivity contribution is -0.136. The molecule has 102 valence electrons. The van der Waals surface area contributed by atoms with Crippen LogP contribution in [0.25, 0.3) is 0 Å². The zero-order valence-electron chi connectivity index (χ0n) is 10.9. The van der Waals surface area contributed by atoms with Crippen molar-refractivity contribution in [1.82, 2.24) is 5.32 Å². The Hall–Kier alpha value is -2.37. The van der Waals surface area contributed by atoms with Crippen LogP contribution in [0.15, 0.2) is 24.3 Å². The average Bonchev–Trinajstić information content (AvgIpc) is 2.44. The molecule has 0 unspecified atom stereocenters. The van der Waals surface area contributed by atoms with Crippen LogP contribution in [-0.2, 0) is 14.3 Å². The Balaban J connectivity index is 2.60. The molecule has 0 saturated carbocycles. The molecule has 0 spiro atoms. The Kier molecular flexibility index (Phi) is 5.53. The van der Waals surface area contributed by atoms with Crippen molar-refractivity contribution in [3.63, 3.8) is 0 Å². The number of esters is 1. The van der Waals surface area contributed by atoms with Crippen molar-refractivity contribution in [2.24, 2.45) is 0 Å². The molecule has 0 radical (unpaired) electrons. The number of carbonyl (C=O) groups excluding carboxylic acids is 3. The molecule has 1 aromatic carbocycles. The number of methoxy groups -OCH3 is 1. The molecule has 0 aromatic heterocycles. The van der Waals surface area contributed by atoms with Gasteiger partial charge >= 0.3 is 17.8 Å². The minimum absolute atomic E-state index is 0.371. The molecule has 0 aliphatic rings. The van der Waals surface area contributed by atoms with Crippen molar-refractivity contribution in [2.75, 3.05) is 19.0 Å². The number of hydrogen-bond donors (Lipinski definition) is 2. The summed E-state index contributed by atoms with van der Waals surface area (Å²) < 4.78 is 4.55. The Bertz CT molecular complexity index is 468. The van der Waals surface area contributed by atoms with Gasteiger partial charge in [0.25, 0.3) is 0 Å². The highest BCUT2D eigenvalue weighted by molar-refractivity contribution is 6.39. The van der Waals surface area contributed by atoms with E-state index in [9.17, 15) is 14.4 Å². The van der Waals surface area contributed by atoms with Crippen molar-refractivity contribution in [3.05, 3.63) is 29.8 Å². The summed E-state index contributed by atoms with van der Waals surface area (Å²) >= 11 is 0. The molecule has 1 aromatic rings. The third-order valence-electron chi connectivity index (χ3n) is 2.31. The van der Waals surface area contributed by atoms with Crippen LogP contribution in [0.4, 0.5) is 5.69 Å². The summed E-state index contributed by atoms with van der Waals surface area (Å²) in [6, 6.07) is 6.06. The minimum Gasteiger partial charge on any atom is -0.465 e. The first-order valence-electron chi connectivity index (χ1n) is 5.86. The number of ether oxygens (including phenoxy) is 1. The van der Waals surface area contributed by atoms with Gasteiger partial charge in [0.1, 0.15) is 0 Å². The largest absolute Gasteiger partial charge is 0.465 e. The van der Waals surface area contributed by atoms with E-state index in [2.05, 4.69) is 15.4 Å². The monoisotopic (exact) mass is 264 g/mol. The van der Waals surface area contributed by atoms with Crippen LogP contribution in [0.5, 0.6) is 0 Å². The maximum Gasteiger partial charge on any atom is 0.337 e. The number of hydrogen-bond acceptors (Lipinski definition) is 4. The Morgan fingerprint density at radius 1 is 1.11 bits per heavy atom. The van der Waals surface area contributed by atoms with E-state index < -0.39 is 17.8 Å². The third kappa shape index (κ3) is 4.42. The van der Waals surface area contributed by atoms with Gasteiger partial charge in [-0.25, -0.2) is 4.79 Å². The van der Waals surface area contributed by atoms with Gasteiger partial charge in [0, 0.05) is 12.2 Å². The fourth-order valence-electron chi connectivity index (χ4n) is 1.31. The van der Waals surface area contributed by atoms with E-state index in [0.29, 0.717) is 17.8 Å². The molecular formula is C13H16N2O4. The van der Waals surface area contributed by atoms with E-state index in [1.165, 1.54) is 31.4 Å². The summed E-state index contributed by atoms with van der Waals surface area (Å²) in [5.74, 6) is -1.88. The highest BCUT2D eigenvalue weighted by atomic mass is 16.5. The van der Waals surface area contributed by atoms with Gasteiger partial charge in [0.2, 0.25) is 0 Å². The van der Waals surface area contributed by atoms with Gasteiger partial charge in [-0.15, -0.1) is 0 Å². The van der Waals surface area contributed by atoms with Crippen LogP contribution >= 0.6 is 0 Å². The molecular weight excluding hydrogens is 248 g/mol. The highest BCUT2D eigenvalue weighted by Gasteiger charge is 2.13. The van der Waals surface area contributed by atoms with Crippen molar-refractivity contribution in [1.29, 1.82) is 0 Å². The normalized spacial score (nSPS) is 9.58. The third-order valence-corrected chi connectivity index (χ3v) is 2.31. The number of amides is 2. The number of anilines is 1. The van der Waals surface area contributed by atoms with Crippen molar-refractivity contribution < 1.29 is 19.1 Å². The van der Waals surface area contributed by atoms with Crippen molar-refractivity contribution in [2.45, 2.75) is 13.3 Å². The molecule has 0 fully saturated rings. The van der Waals surface area contributed by atoms with E-state index in [4.69, 9.17) is 0 Å². The van der Waals surface area contributed by atoms with E-state index in [1.54, 1.807) is 0 Å². The van der Waals surface area contributed by atoms with Crippen LogP contribution < -0.4 is 10.6 Å². The second kappa shape index (κ2) is 7.15. The smallest absolute Gasteiger partial charge is 0.337 e. The van der Waals surface area contributed by atoms with E-state index in [1.807, 2.05) is 6.92 Å². The molecule has 0 bridgehead atoms. The van der Waals surface area contributed by atoms with Gasteiger partial charge in [-0.05, 0) is 30.7 Å². The van der Waals surface area contributed by atoms with E-state index in [-0.39, 0.29) is 0 Å². The van der Waals surface area contributed by atoms with Crippen LogP contribution in [-0.4, -0.2) is 31.4 Å². The Morgan fingerprint density at radius 2 is 1.74 bits per heavy atom. The van der Waals surface area contributed by atoms with Crippen molar-refractivity contribution in [3.8, 4) is 0 Å². The van der Waals surface area contributed by atoms with Gasteiger partial charge < -0.3 is 15.4 Å². The second-order valence-corrected chi connectivity index (χ2v) is 3.78. The second-order valence-electron chi connectivity index (χ2n) is 3.78. The van der Waals surface area contributed by atoms with Gasteiger partial charge in [0.05, 0.1) is 12.7 Å². The Labute approximate surface area is 111 Å². The standard InChI is InChI=1S/C13H16N2O4/c1-3-8-14-11(16)12(17)15-10-6-4-9(5-7-10)13(18)19-2/h4-7H,3,8H2,1-2H3,(H,14,16)(H,15,17). The maximum atomic E-state index is 11.5. The van der Waals surface area contributed by atoms with Crippen molar-refractivity contribution >= 4 is 23.5 Å². The van der Waals surface area contributed by atoms with E-state index in [0.717, 1.165) is 6.42 Å². The zero-order chi connectivity index (χ0) is 14.3. The molecule has 0 aliphatic heterocycles. The SMILES string of the molecule is CCCNC(=O)C(=O)Nc1ccc(C(=O)OC)cc1. The average molecular weight is 264 g/mol. The quantitative estimate of drug-likeness (QED) is 0.626. The molecule has 19 heavy (non-hydrogen) atoms. The molecule has 0 heterocycles. The Morgan fingerprint density at radius 3 is 2.26 bits per heavy atom. The summed E-state index contributed by atoms with van der Waals surface area (Å²) in [5.41, 5.74) is 0.806. The van der Waals surface area contributed by atoms with Crippen LogP contribution in [0.3, 0.4) is 0 Å². The summed E-state index contributed by atoms with van der Waals surface area (Å²) in [7, 11) is 1.29. The predicted octanol–water partition coefficient (Wildman–Crippen LogP) is 0.938. The first-order valence-corrected chi connectivity index (χ1v) is 5.86. The minimum atomic E-state index is -0.737. The van der Waals surface area contributed by atoms with Gasteiger partial charge in [-0.1, -0.05) is 6.92 Å². The summed E-state index contributed by atoms with van der Waals surface area (Å²) in [6.45, 7) is 2.34. The molecule has 2 amide bonds. The molecule has 1 rings (SSSR count). The number of benzene rings is 1. The maximum absolute atomic E-state index is 11.5. The lowest BCUT2D eigenvalue weighted by Gasteiger charge is -2.06.